The number of halogens is 1. The van der Waals surface area contributed by atoms with Crippen molar-refractivity contribution in [3.8, 4) is 0 Å². The number of H-pyrrole nitrogens is 1. The van der Waals surface area contributed by atoms with Crippen LogP contribution in [0.5, 0.6) is 0 Å². The van der Waals surface area contributed by atoms with Gasteiger partial charge in [0.2, 0.25) is 10.0 Å². The number of hydrogen-bond donors (Lipinski definition) is 1. The first-order chi connectivity index (χ1) is 15.9. The van der Waals surface area contributed by atoms with Crippen LogP contribution in [0.3, 0.4) is 0 Å². The van der Waals surface area contributed by atoms with E-state index in [4.69, 9.17) is 0 Å². The van der Waals surface area contributed by atoms with Crippen LogP contribution < -0.4 is 5.56 Å². The molecule has 0 unspecified atom stereocenters. The highest BCUT2D eigenvalue weighted by molar-refractivity contribution is 9.10. The molecule has 1 saturated heterocycles. The molecule has 0 bridgehead atoms. The normalized spacial score (nSPS) is 17.4. The summed E-state index contributed by atoms with van der Waals surface area (Å²) in [6, 6.07) is 16.1. The van der Waals surface area contributed by atoms with Crippen molar-refractivity contribution in [1.29, 1.82) is 0 Å². The van der Waals surface area contributed by atoms with Gasteiger partial charge in [-0.25, -0.2) is 18.1 Å². The van der Waals surface area contributed by atoms with E-state index in [1.54, 1.807) is 35.0 Å². The summed E-state index contributed by atoms with van der Waals surface area (Å²) in [6.45, 7) is 1.08. The zero-order chi connectivity index (χ0) is 23.0. The molecule has 1 N–H and O–H groups in total. The molecule has 2 aromatic carbocycles. The van der Waals surface area contributed by atoms with E-state index in [1.807, 2.05) is 24.3 Å². The van der Waals surface area contributed by atoms with Crippen molar-refractivity contribution in [1.82, 2.24) is 29.3 Å². The predicted molar refractivity (Wildman–Crippen MR) is 126 cm³/mol. The van der Waals surface area contributed by atoms with Crippen molar-refractivity contribution in [3.63, 3.8) is 0 Å². The molecular weight excluding hydrogens is 508 g/mol. The summed E-state index contributed by atoms with van der Waals surface area (Å²) in [7, 11) is -3.62. The average Bonchev–Trinajstić information content (AvgIpc) is 3.24. The highest BCUT2D eigenvalue weighted by atomic mass is 79.9. The van der Waals surface area contributed by atoms with Crippen LogP contribution in [0.2, 0.25) is 0 Å². The monoisotopic (exact) mass is 528 g/mol. The molecule has 0 saturated carbocycles. The van der Waals surface area contributed by atoms with E-state index < -0.39 is 10.0 Å². The standard InChI is InChI=1S/C22H21BrN6O3S/c23-18-11-5-4-7-15(18)14-29-21-19(26-27-29)22(30)25-20(24-21)16-8-6-12-28(13-16)33(31,32)17-9-2-1-3-10-17/h1-5,7,9-11,16H,6,8,12-14H2,(H,24,25,30)/t16-/m0/s1. The molecule has 1 fully saturated rings. The van der Waals surface area contributed by atoms with Gasteiger partial charge in [-0.15, -0.1) is 5.10 Å². The second-order valence-electron chi connectivity index (χ2n) is 7.98. The van der Waals surface area contributed by atoms with E-state index in [-0.39, 0.29) is 28.4 Å². The molecule has 1 aliphatic rings. The number of aromatic amines is 1. The molecule has 33 heavy (non-hydrogen) atoms. The van der Waals surface area contributed by atoms with Gasteiger partial charge in [-0.05, 0) is 36.6 Å². The van der Waals surface area contributed by atoms with Gasteiger partial charge in [-0.1, -0.05) is 57.5 Å². The van der Waals surface area contributed by atoms with Crippen molar-refractivity contribution >= 4 is 37.1 Å². The van der Waals surface area contributed by atoms with E-state index in [2.05, 4.69) is 36.2 Å². The van der Waals surface area contributed by atoms with E-state index in [0.29, 0.717) is 31.0 Å². The smallest absolute Gasteiger partial charge is 0.281 e. The Morgan fingerprint density at radius 2 is 1.85 bits per heavy atom. The lowest BCUT2D eigenvalue weighted by molar-refractivity contribution is 0.309. The Morgan fingerprint density at radius 1 is 1.09 bits per heavy atom. The number of nitrogens with zero attached hydrogens (tertiary/aromatic N) is 5. The first kappa shape index (κ1) is 21.9. The molecular formula is C22H21BrN6O3S. The van der Waals surface area contributed by atoms with Crippen LogP contribution in [-0.4, -0.2) is 50.8 Å². The molecule has 2 aromatic heterocycles. The van der Waals surface area contributed by atoms with Crippen molar-refractivity contribution < 1.29 is 8.42 Å². The molecule has 0 aliphatic carbocycles. The van der Waals surface area contributed by atoms with Gasteiger partial charge >= 0.3 is 0 Å². The maximum atomic E-state index is 13.1. The van der Waals surface area contributed by atoms with Crippen LogP contribution in [0.1, 0.15) is 30.1 Å². The first-order valence-corrected chi connectivity index (χ1v) is 12.8. The summed E-state index contributed by atoms with van der Waals surface area (Å²) in [5.74, 6) is 0.220. The molecule has 170 valence electrons. The molecule has 1 atom stereocenters. The molecule has 0 amide bonds. The number of benzene rings is 2. The Bertz CT molecular complexity index is 1470. The lowest BCUT2D eigenvalue weighted by Crippen LogP contribution is -2.39. The number of rotatable bonds is 5. The van der Waals surface area contributed by atoms with Crippen molar-refractivity contribution in [3.05, 3.63) is 80.8 Å². The van der Waals surface area contributed by atoms with Crippen LogP contribution >= 0.6 is 15.9 Å². The number of aromatic nitrogens is 5. The number of sulfonamides is 1. The van der Waals surface area contributed by atoms with Gasteiger partial charge in [0.05, 0.1) is 11.4 Å². The highest BCUT2D eigenvalue weighted by Crippen LogP contribution is 2.29. The van der Waals surface area contributed by atoms with Crippen LogP contribution in [0.15, 0.2) is 68.8 Å². The lowest BCUT2D eigenvalue weighted by atomic mass is 9.99. The van der Waals surface area contributed by atoms with Gasteiger partial charge in [-0.2, -0.15) is 4.31 Å². The molecule has 5 rings (SSSR count). The number of piperidine rings is 1. The minimum Gasteiger partial charge on any atom is -0.308 e. The third-order valence-corrected chi connectivity index (χ3v) is 8.47. The Balaban J connectivity index is 1.47. The molecule has 0 spiro atoms. The fourth-order valence-electron chi connectivity index (χ4n) is 4.10. The molecule has 9 nitrogen and oxygen atoms in total. The Labute approximate surface area is 198 Å². The fourth-order valence-corrected chi connectivity index (χ4v) is 6.05. The Kier molecular flexibility index (Phi) is 5.85. The van der Waals surface area contributed by atoms with Gasteiger partial charge in [0.25, 0.3) is 5.56 Å². The molecule has 0 radical (unpaired) electrons. The molecule has 1 aliphatic heterocycles. The maximum Gasteiger partial charge on any atom is 0.281 e. The molecule has 4 aromatic rings. The zero-order valence-electron chi connectivity index (χ0n) is 17.6. The van der Waals surface area contributed by atoms with Gasteiger partial charge < -0.3 is 4.98 Å². The third-order valence-electron chi connectivity index (χ3n) is 5.82. The SMILES string of the molecule is O=c1[nH]c([C@H]2CCCN(S(=O)(=O)c3ccccc3)C2)nc2c1nnn2Cc1ccccc1Br. The van der Waals surface area contributed by atoms with Gasteiger partial charge in [0.1, 0.15) is 5.82 Å². The summed E-state index contributed by atoms with van der Waals surface area (Å²) < 4.78 is 30.2. The fraction of sp³-hybridized carbons (Fsp3) is 0.273. The van der Waals surface area contributed by atoms with Crippen molar-refractivity contribution in [2.45, 2.75) is 30.2 Å². The topological polar surface area (TPSA) is 114 Å². The Hall–Kier alpha value is -2.89. The number of nitrogens with one attached hydrogen (secondary N) is 1. The summed E-state index contributed by atoms with van der Waals surface area (Å²) in [4.78, 5) is 20.5. The molecule has 3 heterocycles. The number of hydrogen-bond acceptors (Lipinski definition) is 6. The largest absolute Gasteiger partial charge is 0.308 e. The highest BCUT2D eigenvalue weighted by Gasteiger charge is 2.32. The summed E-state index contributed by atoms with van der Waals surface area (Å²) in [5.41, 5.74) is 1.14. The number of fused-ring (bicyclic) bond motifs is 1. The van der Waals surface area contributed by atoms with Gasteiger partial charge in [-0.3, -0.25) is 4.79 Å². The summed E-state index contributed by atoms with van der Waals surface area (Å²) in [6.07, 6.45) is 1.40. The Morgan fingerprint density at radius 3 is 2.64 bits per heavy atom. The van der Waals surface area contributed by atoms with Crippen molar-refractivity contribution in [2.75, 3.05) is 13.1 Å². The average molecular weight is 529 g/mol. The van der Waals surface area contributed by atoms with Crippen molar-refractivity contribution in [2.24, 2.45) is 0 Å². The summed E-state index contributed by atoms with van der Waals surface area (Å²) >= 11 is 3.53. The molecule has 11 heteroatoms. The predicted octanol–water partition coefficient (Wildman–Crippen LogP) is 2.89. The second kappa shape index (κ2) is 8.81. The van der Waals surface area contributed by atoms with E-state index in [1.165, 1.54) is 4.31 Å². The van der Waals surface area contributed by atoms with E-state index in [9.17, 15) is 13.2 Å². The second-order valence-corrected chi connectivity index (χ2v) is 10.8. The summed E-state index contributed by atoms with van der Waals surface area (Å²) in [5, 5.41) is 8.14. The minimum atomic E-state index is -3.62. The minimum absolute atomic E-state index is 0.162. The maximum absolute atomic E-state index is 13.1. The lowest BCUT2D eigenvalue weighted by Gasteiger charge is -2.31. The van der Waals surface area contributed by atoms with Crippen LogP contribution in [0.25, 0.3) is 11.2 Å². The van der Waals surface area contributed by atoms with Crippen LogP contribution in [0.4, 0.5) is 0 Å². The third kappa shape index (κ3) is 4.23. The van der Waals surface area contributed by atoms with E-state index >= 15 is 0 Å². The van der Waals surface area contributed by atoms with Gasteiger partial charge in [0, 0.05) is 23.5 Å². The van der Waals surface area contributed by atoms with Gasteiger partial charge in [0.15, 0.2) is 11.2 Å². The van der Waals surface area contributed by atoms with Crippen LogP contribution in [0, 0.1) is 0 Å². The quantitative estimate of drug-likeness (QED) is 0.426. The van der Waals surface area contributed by atoms with Crippen LogP contribution in [-0.2, 0) is 16.6 Å². The first-order valence-electron chi connectivity index (χ1n) is 10.6. The zero-order valence-corrected chi connectivity index (χ0v) is 20.0. The van der Waals surface area contributed by atoms with E-state index in [0.717, 1.165) is 16.5 Å².